The zero-order valence-electron chi connectivity index (χ0n) is 8.83. The maximum Gasteiger partial charge on any atom is 0.251 e. The largest absolute Gasteiger partial charge is 0.371 e. The highest BCUT2D eigenvalue weighted by atomic mass is 19.3. The molecule has 0 bridgehead atoms. The number of carbonyl (C=O) groups excluding carboxylic acids is 1. The molecule has 16 heavy (non-hydrogen) atoms. The van der Waals surface area contributed by atoms with Gasteiger partial charge in [-0.25, -0.2) is 8.78 Å². The molecule has 2 rings (SSSR count). The van der Waals surface area contributed by atoms with Gasteiger partial charge in [0.15, 0.2) is 0 Å². The lowest BCUT2D eigenvalue weighted by atomic mass is 10.1. The molecule has 1 aliphatic heterocycles. The number of anilines is 1. The van der Waals surface area contributed by atoms with E-state index in [2.05, 4.69) is 0 Å². The van der Waals surface area contributed by atoms with Gasteiger partial charge < -0.3 is 4.90 Å². The molecule has 0 amide bonds. The Morgan fingerprint density at radius 3 is 2.19 bits per heavy atom. The van der Waals surface area contributed by atoms with Crippen molar-refractivity contribution >= 4 is 12.0 Å². The smallest absolute Gasteiger partial charge is 0.251 e. The molecule has 1 saturated heterocycles. The van der Waals surface area contributed by atoms with E-state index in [0.717, 1.165) is 12.0 Å². The Bertz CT molecular complexity index is 365. The van der Waals surface area contributed by atoms with Gasteiger partial charge in [0.2, 0.25) is 0 Å². The van der Waals surface area contributed by atoms with Crippen molar-refractivity contribution < 1.29 is 13.6 Å². The van der Waals surface area contributed by atoms with Crippen molar-refractivity contribution in [3.05, 3.63) is 29.8 Å². The molecule has 0 atom stereocenters. The summed E-state index contributed by atoms with van der Waals surface area (Å²) in [5, 5.41) is 0. The number of alkyl halides is 2. The minimum absolute atomic E-state index is 0.0948. The molecule has 4 heteroatoms. The Labute approximate surface area is 92.9 Å². The predicted molar refractivity (Wildman–Crippen MR) is 58.2 cm³/mol. The van der Waals surface area contributed by atoms with E-state index in [1.54, 1.807) is 24.3 Å². The summed E-state index contributed by atoms with van der Waals surface area (Å²) >= 11 is 0. The van der Waals surface area contributed by atoms with Crippen LogP contribution in [0.25, 0.3) is 0 Å². The number of benzene rings is 1. The lowest BCUT2D eigenvalue weighted by Gasteiger charge is -2.33. The van der Waals surface area contributed by atoms with Crippen LogP contribution < -0.4 is 4.90 Å². The van der Waals surface area contributed by atoms with Crippen molar-refractivity contribution in [3.8, 4) is 0 Å². The Balaban J connectivity index is 2.05. The standard InChI is InChI=1S/C12H13F2NO/c13-12(14)5-7-15(8-6-12)11-3-1-10(9-16)2-4-11/h1-4,9H,5-8H2. The van der Waals surface area contributed by atoms with Crippen LogP contribution in [0.4, 0.5) is 14.5 Å². The van der Waals surface area contributed by atoms with Crippen LogP contribution in [0, 0.1) is 0 Å². The molecular formula is C12H13F2NO. The number of nitrogens with zero attached hydrogens (tertiary/aromatic N) is 1. The monoisotopic (exact) mass is 225 g/mol. The summed E-state index contributed by atoms with van der Waals surface area (Å²) in [4.78, 5) is 12.4. The summed E-state index contributed by atoms with van der Waals surface area (Å²) in [6.45, 7) is 0.737. The normalized spacial score (nSPS) is 19.5. The molecular weight excluding hydrogens is 212 g/mol. The number of piperidine rings is 1. The SMILES string of the molecule is O=Cc1ccc(N2CCC(F)(F)CC2)cc1. The van der Waals surface area contributed by atoms with Crippen molar-refractivity contribution in [2.24, 2.45) is 0 Å². The average Bonchev–Trinajstić information content (AvgIpc) is 2.29. The van der Waals surface area contributed by atoms with E-state index in [-0.39, 0.29) is 12.8 Å². The first-order valence-corrected chi connectivity index (χ1v) is 5.29. The summed E-state index contributed by atoms with van der Waals surface area (Å²) in [5.41, 5.74) is 1.51. The minimum Gasteiger partial charge on any atom is -0.371 e. The summed E-state index contributed by atoms with van der Waals surface area (Å²) in [6, 6.07) is 7.00. The lowest BCUT2D eigenvalue weighted by Crippen LogP contribution is -2.39. The summed E-state index contributed by atoms with van der Waals surface area (Å²) < 4.78 is 25.9. The Hall–Kier alpha value is -1.45. The maximum atomic E-state index is 12.9. The number of hydrogen-bond acceptors (Lipinski definition) is 2. The van der Waals surface area contributed by atoms with Gasteiger partial charge in [0, 0.05) is 37.2 Å². The van der Waals surface area contributed by atoms with Gasteiger partial charge in [-0.1, -0.05) is 0 Å². The van der Waals surface area contributed by atoms with Gasteiger partial charge in [0.05, 0.1) is 0 Å². The predicted octanol–water partition coefficient (Wildman–Crippen LogP) is 2.73. The molecule has 0 aliphatic carbocycles. The first kappa shape index (κ1) is 11.0. The van der Waals surface area contributed by atoms with E-state index >= 15 is 0 Å². The highest BCUT2D eigenvalue weighted by Crippen LogP contribution is 2.30. The van der Waals surface area contributed by atoms with Crippen LogP contribution >= 0.6 is 0 Å². The lowest BCUT2D eigenvalue weighted by molar-refractivity contribution is -0.0220. The number of hydrogen-bond donors (Lipinski definition) is 0. The quantitative estimate of drug-likeness (QED) is 0.721. The first-order chi connectivity index (χ1) is 7.61. The molecule has 0 aromatic heterocycles. The third-order valence-corrected chi connectivity index (χ3v) is 2.89. The van der Waals surface area contributed by atoms with Crippen molar-refractivity contribution in [3.63, 3.8) is 0 Å². The molecule has 0 radical (unpaired) electrons. The fraction of sp³-hybridized carbons (Fsp3) is 0.417. The molecule has 1 heterocycles. The highest BCUT2D eigenvalue weighted by molar-refractivity contribution is 5.75. The maximum absolute atomic E-state index is 12.9. The second-order valence-corrected chi connectivity index (χ2v) is 4.05. The zero-order valence-corrected chi connectivity index (χ0v) is 8.83. The van der Waals surface area contributed by atoms with Gasteiger partial charge in [0.1, 0.15) is 6.29 Å². The summed E-state index contributed by atoms with van der Waals surface area (Å²) in [6.07, 6.45) is 0.582. The van der Waals surface area contributed by atoms with Crippen LogP contribution in [0.5, 0.6) is 0 Å². The van der Waals surface area contributed by atoms with E-state index in [1.807, 2.05) is 4.90 Å². The topological polar surface area (TPSA) is 20.3 Å². The second-order valence-electron chi connectivity index (χ2n) is 4.05. The van der Waals surface area contributed by atoms with E-state index < -0.39 is 5.92 Å². The molecule has 0 spiro atoms. The molecule has 1 fully saturated rings. The molecule has 1 aliphatic rings. The van der Waals surface area contributed by atoms with Crippen molar-refractivity contribution in [1.82, 2.24) is 0 Å². The van der Waals surface area contributed by atoms with E-state index in [9.17, 15) is 13.6 Å². The van der Waals surface area contributed by atoms with Gasteiger partial charge >= 0.3 is 0 Å². The molecule has 0 N–H and O–H groups in total. The molecule has 0 saturated carbocycles. The van der Waals surface area contributed by atoms with Crippen LogP contribution in [-0.2, 0) is 0 Å². The van der Waals surface area contributed by atoms with Gasteiger partial charge in [-0.05, 0) is 24.3 Å². The number of aldehydes is 1. The molecule has 1 aromatic rings. The first-order valence-electron chi connectivity index (χ1n) is 5.29. The van der Waals surface area contributed by atoms with Crippen molar-refractivity contribution in [2.45, 2.75) is 18.8 Å². The van der Waals surface area contributed by atoms with Gasteiger partial charge in [-0.2, -0.15) is 0 Å². The van der Waals surface area contributed by atoms with Crippen molar-refractivity contribution in [1.29, 1.82) is 0 Å². The second kappa shape index (κ2) is 4.20. The van der Waals surface area contributed by atoms with Gasteiger partial charge in [-0.3, -0.25) is 4.79 Å². The van der Waals surface area contributed by atoms with Crippen LogP contribution in [0.15, 0.2) is 24.3 Å². The van der Waals surface area contributed by atoms with Crippen molar-refractivity contribution in [2.75, 3.05) is 18.0 Å². The van der Waals surface area contributed by atoms with Crippen LogP contribution in [0.2, 0.25) is 0 Å². The van der Waals surface area contributed by atoms with Gasteiger partial charge in [0.25, 0.3) is 5.92 Å². The molecule has 1 aromatic carbocycles. The Kier molecular flexibility index (Phi) is 2.90. The Morgan fingerprint density at radius 1 is 1.12 bits per heavy atom. The fourth-order valence-electron chi connectivity index (χ4n) is 1.86. The Morgan fingerprint density at radius 2 is 1.69 bits per heavy atom. The van der Waals surface area contributed by atoms with E-state index in [4.69, 9.17) is 0 Å². The van der Waals surface area contributed by atoms with E-state index in [1.165, 1.54) is 0 Å². The van der Waals surface area contributed by atoms with Crippen LogP contribution in [-0.4, -0.2) is 25.3 Å². The highest BCUT2D eigenvalue weighted by Gasteiger charge is 2.33. The number of rotatable bonds is 2. The van der Waals surface area contributed by atoms with Crippen LogP contribution in [0.1, 0.15) is 23.2 Å². The average molecular weight is 225 g/mol. The minimum atomic E-state index is -2.51. The third-order valence-electron chi connectivity index (χ3n) is 2.89. The van der Waals surface area contributed by atoms with E-state index in [0.29, 0.717) is 18.7 Å². The molecule has 0 unspecified atom stereocenters. The third kappa shape index (κ3) is 2.38. The summed E-state index contributed by atoms with van der Waals surface area (Å²) in [7, 11) is 0. The van der Waals surface area contributed by atoms with Crippen LogP contribution in [0.3, 0.4) is 0 Å². The summed E-state index contributed by atoms with van der Waals surface area (Å²) in [5.74, 6) is -2.51. The fourth-order valence-corrected chi connectivity index (χ4v) is 1.86. The zero-order chi connectivity index (χ0) is 11.6. The van der Waals surface area contributed by atoms with Gasteiger partial charge in [-0.15, -0.1) is 0 Å². The molecule has 86 valence electrons. The number of carbonyl (C=O) groups is 1. The number of halogens is 2. The molecule has 2 nitrogen and oxygen atoms in total.